The zero-order valence-corrected chi connectivity index (χ0v) is 49.1. The molecule has 1 aliphatic rings. The number of aromatic hydroxyl groups is 1. The Morgan fingerprint density at radius 1 is 0.840 bits per heavy atom. The lowest BCUT2D eigenvalue weighted by molar-refractivity contribution is -0.142. The monoisotopic (exact) mass is 1110 g/mol. The number of rotatable bonds is 17. The minimum Gasteiger partial charge on any atom is -0.505 e. The van der Waals surface area contributed by atoms with E-state index in [9.17, 15) is 39.1 Å². The third-order valence-corrected chi connectivity index (χ3v) is 13.2. The van der Waals surface area contributed by atoms with Gasteiger partial charge in [-0.15, -0.1) is 0 Å². The summed E-state index contributed by atoms with van der Waals surface area (Å²) in [5.41, 5.74) is 1.78. The molecule has 5 rings (SSSR count). The standard InChI is InChI=1S/C61H78N8O12/c1-34-28-49(73)52(69(14)56(76)41(23-25-63-57(77)80-60(8,9)10)33-48(72)51-35(2)65-54(66-36(51)3)39-17-20-42(21-18-39)59(5,6)7)40-19-22-50(79-27-26-64-58(78)81-61(11,12)13)43(32-40)44-29-38(31-46(53(44)74)67-37(4)70)30-45(68-55(34)75)47(71)16-15-24-62/h17-22,29,31-32,34,41,45,52,74H,15-16,23,25-28,30,33H2,1-14H3,(H,63,77)(H,64,78)(H,67,70)(H,68,75)/t34-,41-,45+,52+/m1/s1. The van der Waals surface area contributed by atoms with E-state index in [-0.39, 0.29) is 84.5 Å². The first kappa shape index (κ1) is 63.6. The number of alkyl carbamates (subject to hydrolysis) is 2. The van der Waals surface area contributed by atoms with E-state index in [0.717, 1.165) is 11.1 Å². The Kier molecular flexibility index (Phi) is 21.1. The maximum absolute atomic E-state index is 15.4. The molecule has 2 heterocycles. The van der Waals surface area contributed by atoms with E-state index in [1.165, 1.54) is 56.1 Å². The number of benzene rings is 3. The van der Waals surface area contributed by atoms with Crippen LogP contribution in [0.15, 0.2) is 54.6 Å². The minimum absolute atomic E-state index is 0.0364. The molecular formula is C61H78N8O12. The lowest BCUT2D eigenvalue weighted by Gasteiger charge is -2.32. The van der Waals surface area contributed by atoms with Crippen molar-refractivity contribution in [3.05, 3.63) is 88.2 Å². The fourth-order valence-electron chi connectivity index (χ4n) is 9.35. The molecule has 20 nitrogen and oxygen atoms in total. The van der Waals surface area contributed by atoms with Gasteiger partial charge in [-0.25, -0.2) is 19.6 Å². The number of carbonyl (C=O) groups excluding carboxylic acids is 8. The van der Waals surface area contributed by atoms with E-state index in [1.807, 2.05) is 30.3 Å². The van der Waals surface area contributed by atoms with Gasteiger partial charge in [-0.05, 0) is 115 Å². The molecule has 1 aromatic heterocycles. The van der Waals surface area contributed by atoms with Crippen molar-refractivity contribution in [3.8, 4) is 40.1 Å². The van der Waals surface area contributed by atoms with E-state index >= 15 is 9.59 Å². The lowest BCUT2D eigenvalue weighted by atomic mass is 9.86. The molecule has 0 aliphatic carbocycles. The van der Waals surface area contributed by atoms with E-state index in [4.69, 9.17) is 24.2 Å². The highest BCUT2D eigenvalue weighted by Gasteiger charge is 2.37. The zero-order chi connectivity index (χ0) is 60.3. The first-order valence-electron chi connectivity index (χ1n) is 27.1. The predicted molar refractivity (Wildman–Crippen MR) is 304 cm³/mol. The van der Waals surface area contributed by atoms with Gasteiger partial charge in [0, 0.05) is 74.7 Å². The molecule has 0 radical (unpaired) electrons. The van der Waals surface area contributed by atoms with Crippen LogP contribution >= 0.6 is 0 Å². The number of Topliss-reactive ketones (excluding diaryl/α,β-unsaturated/α-hetero) is 3. The zero-order valence-electron chi connectivity index (χ0n) is 49.1. The van der Waals surface area contributed by atoms with Crippen LogP contribution in [0.1, 0.15) is 153 Å². The van der Waals surface area contributed by atoms with Gasteiger partial charge >= 0.3 is 12.2 Å². The average Bonchev–Trinajstić information content (AvgIpc) is 3.35. The minimum atomic E-state index is -1.49. The molecule has 20 heteroatoms. The predicted octanol–water partition coefficient (Wildman–Crippen LogP) is 9.11. The number of nitrogens with zero attached hydrogens (tertiary/aromatic N) is 4. The molecule has 3 aromatic carbocycles. The molecule has 81 heavy (non-hydrogen) atoms. The Morgan fingerprint density at radius 2 is 1.44 bits per heavy atom. The number of amides is 5. The number of ketones is 3. The normalized spacial score (nSPS) is 16.1. The van der Waals surface area contributed by atoms with Gasteiger partial charge in [0.2, 0.25) is 17.7 Å². The molecule has 434 valence electrons. The summed E-state index contributed by atoms with van der Waals surface area (Å²) in [6.45, 7) is 22.4. The summed E-state index contributed by atoms with van der Waals surface area (Å²) >= 11 is 0. The number of carbonyl (C=O) groups is 8. The van der Waals surface area contributed by atoms with Gasteiger partial charge < -0.3 is 45.5 Å². The van der Waals surface area contributed by atoms with E-state index < -0.39 is 101 Å². The quantitative estimate of drug-likeness (QED) is 0.0374. The number of anilines is 1. The van der Waals surface area contributed by atoms with Crippen molar-refractivity contribution in [2.75, 3.05) is 32.1 Å². The first-order chi connectivity index (χ1) is 37.8. The third kappa shape index (κ3) is 17.9. The van der Waals surface area contributed by atoms with Gasteiger partial charge in [0.25, 0.3) is 0 Å². The van der Waals surface area contributed by atoms with Crippen LogP contribution in [0.2, 0.25) is 0 Å². The second kappa shape index (κ2) is 26.8. The van der Waals surface area contributed by atoms with Gasteiger partial charge in [-0.1, -0.05) is 58.0 Å². The molecule has 0 saturated carbocycles. The number of ether oxygens (including phenoxy) is 3. The van der Waals surface area contributed by atoms with Crippen LogP contribution in [-0.4, -0.2) is 111 Å². The number of likely N-dealkylation sites (N-methyl/N-ethyl adjacent to an activating group) is 1. The Balaban J connectivity index is 1.66. The largest absolute Gasteiger partial charge is 0.505 e. The summed E-state index contributed by atoms with van der Waals surface area (Å²) in [7, 11) is 1.39. The molecule has 1 aliphatic heterocycles. The third-order valence-electron chi connectivity index (χ3n) is 13.2. The molecule has 0 spiro atoms. The number of hydrogen-bond donors (Lipinski definition) is 5. The SMILES string of the molecule is CC(=O)Nc1cc2cc(c1O)-c1cc(ccc1OCCNC(=O)OC(C)(C)C)[C@H](N(C)C(=O)[C@H](CCNC(=O)OC(C)(C)C)CC(=O)c1c(C)nc(-c3ccc(C(C)(C)C)cc3)nc1C)C(=O)C[C@@H](C)C(=O)N[C@H](C(=O)CCC#N)C2. The van der Waals surface area contributed by atoms with Crippen LogP contribution in [0.4, 0.5) is 15.3 Å². The summed E-state index contributed by atoms with van der Waals surface area (Å²) in [5.74, 6) is -5.68. The van der Waals surface area contributed by atoms with Crippen molar-refractivity contribution < 1.29 is 57.7 Å². The van der Waals surface area contributed by atoms with E-state index in [2.05, 4.69) is 42.0 Å². The topological polar surface area (TPSA) is 285 Å². The second-order valence-corrected chi connectivity index (χ2v) is 23.5. The van der Waals surface area contributed by atoms with E-state index in [0.29, 0.717) is 22.8 Å². The fraction of sp³-hybridized carbons (Fsp3) is 0.492. The Bertz CT molecular complexity index is 3050. The van der Waals surface area contributed by atoms with Crippen molar-refractivity contribution in [3.63, 3.8) is 0 Å². The van der Waals surface area contributed by atoms with Gasteiger partial charge in [0.1, 0.15) is 35.3 Å². The smallest absolute Gasteiger partial charge is 0.407 e. The lowest BCUT2D eigenvalue weighted by Crippen LogP contribution is -2.46. The number of phenolic OH excluding ortho intramolecular Hbond substituents is 1. The molecule has 0 saturated heterocycles. The number of aromatic nitrogens is 2. The Morgan fingerprint density at radius 3 is 2.01 bits per heavy atom. The first-order valence-corrected chi connectivity index (χ1v) is 27.1. The highest BCUT2D eigenvalue weighted by molar-refractivity contribution is 6.02. The Hall–Kier alpha value is -8.21. The molecule has 5 amide bonds. The number of nitriles is 1. The van der Waals surface area contributed by atoms with Crippen LogP contribution in [0.3, 0.4) is 0 Å². The highest BCUT2D eigenvalue weighted by atomic mass is 16.6. The van der Waals surface area contributed by atoms with E-state index in [1.54, 1.807) is 55.4 Å². The maximum atomic E-state index is 15.4. The number of fused-ring (bicyclic) bond motifs is 5. The van der Waals surface area contributed by atoms with Crippen LogP contribution in [0.5, 0.6) is 11.5 Å². The number of aryl methyl sites for hydroxylation is 2. The van der Waals surface area contributed by atoms with Gasteiger partial charge in [0.05, 0.1) is 41.3 Å². The summed E-state index contributed by atoms with van der Waals surface area (Å²) in [5, 5.41) is 32.1. The van der Waals surface area contributed by atoms with Gasteiger partial charge in [-0.3, -0.25) is 28.8 Å². The molecule has 4 aromatic rings. The fourth-order valence-corrected chi connectivity index (χ4v) is 9.35. The highest BCUT2D eigenvalue weighted by Crippen LogP contribution is 2.44. The van der Waals surface area contributed by atoms with Crippen LogP contribution in [0, 0.1) is 37.0 Å². The number of hydrogen-bond acceptors (Lipinski definition) is 15. The van der Waals surface area contributed by atoms with Crippen molar-refractivity contribution in [2.45, 2.75) is 157 Å². The molecule has 0 fully saturated rings. The Labute approximate surface area is 474 Å². The summed E-state index contributed by atoms with van der Waals surface area (Å²) in [6.07, 6.45) is -2.94. The van der Waals surface area contributed by atoms with Crippen LogP contribution in [-0.2, 0) is 45.3 Å². The van der Waals surface area contributed by atoms with Crippen molar-refractivity contribution >= 4 is 52.9 Å². The van der Waals surface area contributed by atoms with Gasteiger partial charge in [0.15, 0.2) is 23.2 Å². The average molecular weight is 1120 g/mol. The summed E-state index contributed by atoms with van der Waals surface area (Å²) in [4.78, 5) is 122. The molecule has 5 N–H and O–H groups in total. The second-order valence-electron chi connectivity index (χ2n) is 23.5. The van der Waals surface area contributed by atoms with Crippen LogP contribution in [0.25, 0.3) is 22.5 Å². The maximum Gasteiger partial charge on any atom is 0.407 e. The van der Waals surface area contributed by atoms with Crippen molar-refractivity contribution in [1.82, 2.24) is 30.8 Å². The number of phenols is 1. The summed E-state index contributed by atoms with van der Waals surface area (Å²) < 4.78 is 17.1. The van der Waals surface area contributed by atoms with Gasteiger partial charge in [-0.2, -0.15) is 5.26 Å². The molecule has 0 unspecified atom stereocenters. The number of nitrogens with one attached hydrogen (secondary N) is 4. The summed E-state index contributed by atoms with van der Waals surface area (Å²) in [6, 6.07) is 14.7. The van der Waals surface area contributed by atoms with Crippen molar-refractivity contribution in [1.29, 1.82) is 5.26 Å². The molecular weight excluding hydrogens is 1040 g/mol. The van der Waals surface area contributed by atoms with Crippen LogP contribution < -0.4 is 26.0 Å². The molecule has 4 bridgehead atoms. The van der Waals surface area contributed by atoms with Crippen molar-refractivity contribution in [2.24, 2.45) is 11.8 Å². The molecule has 4 atom stereocenters.